The lowest BCUT2D eigenvalue weighted by atomic mass is 9.96. The number of primary amides is 1. The van der Waals surface area contributed by atoms with Crippen molar-refractivity contribution in [2.24, 2.45) is 11.7 Å². The van der Waals surface area contributed by atoms with Crippen molar-refractivity contribution >= 4 is 17.6 Å². The largest absolute Gasteiger partial charge is 0.369 e. The first-order chi connectivity index (χ1) is 12.4. The van der Waals surface area contributed by atoms with E-state index < -0.39 is 0 Å². The molecule has 1 aliphatic rings. The number of carbonyl (C=O) groups is 2. The van der Waals surface area contributed by atoms with E-state index in [4.69, 9.17) is 5.73 Å². The molecule has 1 aromatic heterocycles. The minimum absolute atomic E-state index is 0.100. The number of aromatic nitrogens is 2. The average Bonchev–Trinajstić information content (AvgIpc) is 2.96. The normalized spacial score (nSPS) is 15.8. The van der Waals surface area contributed by atoms with E-state index >= 15 is 0 Å². The van der Waals surface area contributed by atoms with Crippen LogP contribution in [0.15, 0.2) is 30.3 Å². The summed E-state index contributed by atoms with van der Waals surface area (Å²) in [5.41, 5.74) is 6.74. The molecule has 0 unspecified atom stereocenters. The highest BCUT2D eigenvalue weighted by atomic mass is 19.1. The van der Waals surface area contributed by atoms with Crippen molar-refractivity contribution in [1.82, 2.24) is 14.7 Å². The van der Waals surface area contributed by atoms with Crippen molar-refractivity contribution in [2.45, 2.75) is 19.8 Å². The zero-order chi connectivity index (χ0) is 18.7. The molecule has 1 aromatic carbocycles. The third kappa shape index (κ3) is 4.26. The van der Waals surface area contributed by atoms with E-state index in [1.54, 1.807) is 22.9 Å². The minimum Gasteiger partial charge on any atom is -0.369 e. The van der Waals surface area contributed by atoms with Gasteiger partial charge in [0.2, 0.25) is 11.8 Å². The van der Waals surface area contributed by atoms with Gasteiger partial charge in [-0.3, -0.25) is 14.5 Å². The molecule has 2 amide bonds. The first-order valence-electron chi connectivity index (χ1n) is 8.56. The topological polar surface area (TPSA) is 93.3 Å². The Hall–Kier alpha value is -2.74. The second kappa shape index (κ2) is 7.65. The zero-order valence-corrected chi connectivity index (χ0v) is 14.6. The van der Waals surface area contributed by atoms with Gasteiger partial charge in [0.05, 0.1) is 17.9 Å². The molecule has 1 aliphatic heterocycles. The van der Waals surface area contributed by atoms with Gasteiger partial charge in [-0.15, -0.1) is 0 Å². The van der Waals surface area contributed by atoms with Gasteiger partial charge in [-0.2, -0.15) is 5.10 Å². The van der Waals surface area contributed by atoms with E-state index in [2.05, 4.69) is 10.4 Å². The number of nitrogens with two attached hydrogens (primary N) is 1. The maximum Gasteiger partial charge on any atom is 0.239 e. The summed E-state index contributed by atoms with van der Waals surface area (Å²) in [7, 11) is 0. The molecule has 2 heterocycles. The number of piperidine rings is 1. The lowest BCUT2D eigenvalue weighted by Crippen LogP contribution is -2.42. The Kier molecular flexibility index (Phi) is 5.32. The predicted octanol–water partition coefficient (Wildman–Crippen LogP) is 1.46. The lowest BCUT2D eigenvalue weighted by Gasteiger charge is -2.29. The number of hydrogen-bond donors (Lipinski definition) is 2. The second-order valence-corrected chi connectivity index (χ2v) is 6.56. The van der Waals surface area contributed by atoms with Gasteiger partial charge in [-0.25, -0.2) is 9.07 Å². The molecule has 0 atom stereocenters. The number of anilines is 1. The van der Waals surface area contributed by atoms with Crippen molar-refractivity contribution in [3.05, 3.63) is 41.8 Å². The summed E-state index contributed by atoms with van der Waals surface area (Å²) < 4.78 is 14.7. The monoisotopic (exact) mass is 359 g/mol. The third-order valence-corrected chi connectivity index (χ3v) is 4.53. The fourth-order valence-electron chi connectivity index (χ4n) is 3.13. The van der Waals surface area contributed by atoms with Crippen LogP contribution in [0, 0.1) is 18.7 Å². The van der Waals surface area contributed by atoms with Gasteiger partial charge in [0, 0.05) is 12.0 Å². The van der Waals surface area contributed by atoms with Gasteiger partial charge in [0.15, 0.2) is 0 Å². The van der Waals surface area contributed by atoms with Crippen LogP contribution in [0.3, 0.4) is 0 Å². The molecular formula is C18H22FN5O2. The summed E-state index contributed by atoms with van der Waals surface area (Å²) in [6.07, 6.45) is 1.35. The van der Waals surface area contributed by atoms with Crippen molar-refractivity contribution in [3.63, 3.8) is 0 Å². The number of benzene rings is 1. The fraction of sp³-hybridized carbons (Fsp3) is 0.389. The first-order valence-corrected chi connectivity index (χ1v) is 8.56. The average molecular weight is 359 g/mol. The smallest absolute Gasteiger partial charge is 0.239 e. The number of hydrogen-bond acceptors (Lipinski definition) is 4. The summed E-state index contributed by atoms with van der Waals surface area (Å²) in [6.45, 7) is 3.39. The van der Waals surface area contributed by atoms with Crippen LogP contribution in [-0.2, 0) is 9.59 Å². The molecule has 0 radical (unpaired) electrons. The molecule has 1 fully saturated rings. The molecule has 1 saturated heterocycles. The highest BCUT2D eigenvalue weighted by Gasteiger charge is 2.24. The number of nitrogens with one attached hydrogen (secondary N) is 1. The number of rotatable bonds is 5. The third-order valence-electron chi connectivity index (χ3n) is 4.53. The predicted molar refractivity (Wildman–Crippen MR) is 95.2 cm³/mol. The highest BCUT2D eigenvalue weighted by molar-refractivity contribution is 5.91. The van der Waals surface area contributed by atoms with E-state index in [0.29, 0.717) is 37.4 Å². The molecule has 0 saturated carbocycles. The summed E-state index contributed by atoms with van der Waals surface area (Å²) in [5.74, 6) is -0.330. The Balaban J connectivity index is 1.63. The van der Waals surface area contributed by atoms with E-state index in [-0.39, 0.29) is 30.1 Å². The molecule has 0 spiro atoms. The van der Waals surface area contributed by atoms with Crippen molar-refractivity contribution in [2.75, 3.05) is 25.0 Å². The number of aryl methyl sites for hydroxylation is 1. The van der Waals surface area contributed by atoms with Gasteiger partial charge >= 0.3 is 0 Å². The molecule has 0 aliphatic carbocycles. The zero-order valence-electron chi connectivity index (χ0n) is 14.6. The minimum atomic E-state index is -0.331. The fourth-order valence-corrected chi connectivity index (χ4v) is 3.13. The number of carbonyl (C=O) groups excluding carboxylic acids is 2. The molecule has 138 valence electrons. The summed E-state index contributed by atoms with van der Waals surface area (Å²) in [6, 6.07) is 7.67. The molecule has 3 N–H and O–H groups in total. The van der Waals surface area contributed by atoms with Crippen molar-refractivity contribution in [1.29, 1.82) is 0 Å². The van der Waals surface area contributed by atoms with E-state index in [0.717, 1.165) is 5.69 Å². The summed E-state index contributed by atoms with van der Waals surface area (Å²) in [5, 5.41) is 7.21. The molecule has 8 heteroatoms. The van der Waals surface area contributed by atoms with Crippen molar-refractivity contribution in [3.8, 4) is 5.69 Å². The van der Waals surface area contributed by atoms with Gasteiger partial charge < -0.3 is 11.1 Å². The molecule has 7 nitrogen and oxygen atoms in total. The molecule has 2 aromatic rings. The first kappa shape index (κ1) is 18.1. The van der Waals surface area contributed by atoms with Crippen molar-refractivity contribution < 1.29 is 14.0 Å². The molecular weight excluding hydrogens is 337 g/mol. The van der Waals surface area contributed by atoms with Crippen LogP contribution in [0.1, 0.15) is 18.5 Å². The van der Waals surface area contributed by atoms with E-state index in [1.165, 1.54) is 12.1 Å². The van der Waals surface area contributed by atoms with Crippen LogP contribution in [-0.4, -0.2) is 46.1 Å². The lowest BCUT2D eigenvalue weighted by molar-refractivity contribution is -0.123. The number of amides is 2. The Morgan fingerprint density at radius 3 is 2.54 bits per heavy atom. The summed E-state index contributed by atoms with van der Waals surface area (Å²) >= 11 is 0. The van der Waals surface area contributed by atoms with Gasteiger partial charge in [-0.1, -0.05) is 0 Å². The SMILES string of the molecule is Cc1cc(NC(=O)CN2CCC(C(N)=O)CC2)n(-c2ccc(F)cc2)n1. The quantitative estimate of drug-likeness (QED) is 0.845. The number of halogens is 1. The van der Waals surface area contributed by atoms with Crippen LogP contribution in [0.25, 0.3) is 5.69 Å². The number of likely N-dealkylation sites (tertiary alicyclic amines) is 1. The molecule has 0 bridgehead atoms. The Morgan fingerprint density at radius 1 is 1.27 bits per heavy atom. The second-order valence-electron chi connectivity index (χ2n) is 6.56. The standard InChI is InChI=1S/C18H22FN5O2/c1-12-10-16(24(22-12)15-4-2-14(19)3-5-15)21-17(25)11-23-8-6-13(7-9-23)18(20)26/h2-5,10,13H,6-9,11H2,1H3,(H2,20,26)(H,21,25). The van der Waals surface area contributed by atoms with Crippen LogP contribution in [0.4, 0.5) is 10.2 Å². The highest BCUT2D eigenvalue weighted by Crippen LogP contribution is 2.19. The molecule has 3 rings (SSSR count). The van der Waals surface area contributed by atoms with E-state index in [1.807, 2.05) is 11.8 Å². The molecule has 26 heavy (non-hydrogen) atoms. The Labute approximate surface area is 151 Å². The van der Waals surface area contributed by atoms with E-state index in [9.17, 15) is 14.0 Å². The van der Waals surface area contributed by atoms with Crippen LogP contribution in [0.2, 0.25) is 0 Å². The van der Waals surface area contributed by atoms with Crippen LogP contribution >= 0.6 is 0 Å². The Bertz CT molecular complexity index is 794. The Morgan fingerprint density at radius 2 is 1.92 bits per heavy atom. The van der Waals surface area contributed by atoms with Gasteiger partial charge in [-0.05, 0) is 57.1 Å². The maximum atomic E-state index is 13.1. The number of nitrogens with zero attached hydrogens (tertiary/aromatic N) is 3. The van der Waals surface area contributed by atoms with Gasteiger partial charge in [0.25, 0.3) is 0 Å². The summed E-state index contributed by atoms with van der Waals surface area (Å²) in [4.78, 5) is 25.6. The van der Waals surface area contributed by atoms with Gasteiger partial charge in [0.1, 0.15) is 11.6 Å². The van der Waals surface area contributed by atoms with Crippen LogP contribution in [0.5, 0.6) is 0 Å². The maximum absolute atomic E-state index is 13.1. The van der Waals surface area contributed by atoms with Crippen LogP contribution < -0.4 is 11.1 Å².